The van der Waals surface area contributed by atoms with Crippen LogP contribution in [-0.4, -0.2) is 10.8 Å². The first-order valence-corrected chi connectivity index (χ1v) is 6.46. The van der Waals surface area contributed by atoms with Crippen molar-refractivity contribution in [1.82, 2.24) is 4.98 Å². The van der Waals surface area contributed by atoms with Crippen LogP contribution in [0.1, 0.15) is 32.8 Å². The van der Waals surface area contributed by atoms with Gasteiger partial charge in [-0.1, -0.05) is 35.8 Å². The molecule has 2 nitrogen and oxygen atoms in total. The van der Waals surface area contributed by atoms with Gasteiger partial charge in [0.25, 0.3) is 0 Å². The molecule has 1 aromatic heterocycles. The summed E-state index contributed by atoms with van der Waals surface area (Å²) >= 11 is 3.58. The SMILES string of the molecule is CC(=O)CC(C)(C)c1c[nH]c2cccc(Br)c12. The van der Waals surface area contributed by atoms with Gasteiger partial charge in [0.15, 0.2) is 0 Å². The lowest BCUT2D eigenvalue weighted by atomic mass is 9.80. The number of rotatable bonds is 3. The third-order valence-corrected chi connectivity index (χ3v) is 3.74. The van der Waals surface area contributed by atoms with E-state index in [9.17, 15) is 4.79 Å². The topological polar surface area (TPSA) is 32.9 Å². The van der Waals surface area contributed by atoms with E-state index in [-0.39, 0.29) is 11.2 Å². The third-order valence-electron chi connectivity index (χ3n) is 3.07. The van der Waals surface area contributed by atoms with Crippen molar-refractivity contribution in [3.63, 3.8) is 0 Å². The molecule has 1 N–H and O–H groups in total. The molecule has 0 saturated carbocycles. The van der Waals surface area contributed by atoms with Gasteiger partial charge >= 0.3 is 0 Å². The lowest BCUT2D eigenvalue weighted by Gasteiger charge is -2.23. The summed E-state index contributed by atoms with van der Waals surface area (Å²) in [6, 6.07) is 6.08. The van der Waals surface area contributed by atoms with Gasteiger partial charge in [-0.25, -0.2) is 0 Å². The summed E-state index contributed by atoms with van der Waals surface area (Å²) in [5, 5.41) is 1.18. The molecule has 90 valence electrons. The van der Waals surface area contributed by atoms with E-state index in [2.05, 4.69) is 34.8 Å². The quantitative estimate of drug-likeness (QED) is 0.904. The second-order valence-electron chi connectivity index (χ2n) is 5.13. The maximum Gasteiger partial charge on any atom is 0.130 e. The average molecular weight is 294 g/mol. The number of nitrogens with one attached hydrogen (secondary N) is 1. The van der Waals surface area contributed by atoms with Gasteiger partial charge in [0, 0.05) is 28.0 Å². The van der Waals surface area contributed by atoms with Crippen molar-refractivity contribution in [3.05, 3.63) is 34.4 Å². The number of ketones is 1. The minimum Gasteiger partial charge on any atom is -0.361 e. The molecule has 0 saturated heterocycles. The minimum absolute atomic E-state index is 0.145. The van der Waals surface area contributed by atoms with Crippen LogP contribution in [0.2, 0.25) is 0 Å². The van der Waals surface area contributed by atoms with Crippen molar-refractivity contribution in [2.75, 3.05) is 0 Å². The summed E-state index contributed by atoms with van der Waals surface area (Å²) in [7, 11) is 0. The molecule has 0 atom stereocenters. The fraction of sp³-hybridized carbons (Fsp3) is 0.357. The molecule has 0 aliphatic heterocycles. The molecule has 2 rings (SSSR count). The Labute approximate surface area is 110 Å². The maximum absolute atomic E-state index is 11.4. The molecule has 1 aromatic carbocycles. The van der Waals surface area contributed by atoms with Crippen LogP contribution in [0.4, 0.5) is 0 Å². The normalized spacial score (nSPS) is 12.0. The summed E-state index contributed by atoms with van der Waals surface area (Å²) in [6.07, 6.45) is 2.57. The van der Waals surface area contributed by atoms with E-state index in [0.29, 0.717) is 6.42 Å². The molecule has 0 aliphatic carbocycles. The minimum atomic E-state index is -0.145. The Bertz CT molecular complexity index is 569. The number of aromatic nitrogens is 1. The zero-order valence-corrected chi connectivity index (χ0v) is 11.9. The van der Waals surface area contributed by atoms with E-state index < -0.39 is 0 Å². The van der Waals surface area contributed by atoms with Crippen molar-refractivity contribution in [3.8, 4) is 0 Å². The molecule has 3 heteroatoms. The Morgan fingerprint density at radius 1 is 1.41 bits per heavy atom. The summed E-state index contributed by atoms with van der Waals surface area (Å²) in [5.41, 5.74) is 2.15. The van der Waals surface area contributed by atoms with Crippen LogP contribution in [0.15, 0.2) is 28.9 Å². The number of hydrogen-bond donors (Lipinski definition) is 1. The van der Waals surface area contributed by atoms with E-state index in [1.165, 1.54) is 10.9 Å². The van der Waals surface area contributed by atoms with Crippen LogP contribution in [0, 0.1) is 0 Å². The molecule has 0 unspecified atom stereocenters. The Balaban J connectivity index is 2.59. The summed E-state index contributed by atoms with van der Waals surface area (Å²) < 4.78 is 1.07. The molecule has 0 radical (unpaired) electrons. The highest BCUT2D eigenvalue weighted by Crippen LogP contribution is 2.36. The van der Waals surface area contributed by atoms with Crippen molar-refractivity contribution in [1.29, 1.82) is 0 Å². The molecule has 0 spiro atoms. The maximum atomic E-state index is 11.4. The van der Waals surface area contributed by atoms with Crippen molar-refractivity contribution < 1.29 is 4.79 Å². The van der Waals surface area contributed by atoms with E-state index in [1.807, 2.05) is 24.4 Å². The van der Waals surface area contributed by atoms with Gasteiger partial charge in [0.2, 0.25) is 0 Å². The Hall–Kier alpha value is -1.09. The van der Waals surface area contributed by atoms with Gasteiger partial charge < -0.3 is 4.98 Å². The Morgan fingerprint density at radius 2 is 2.12 bits per heavy atom. The molecule has 1 heterocycles. The highest BCUT2D eigenvalue weighted by Gasteiger charge is 2.26. The van der Waals surface area contributed by atoms with Gasteiger partial charge in [0.05, 0.1) is 0 Å². The molecular weight excluding hydrogens is 278 g/mol. The second kappa shape index (κ2) is 4.30. The zero-order valence-electron chi connectivity index (χ0n) is 10.3. The molecule has 0 amide bonds. The fourth-order valence-corrected chi connectivity index (χ4v) is 2.97. The predicted molar refractivity (Wildman–Crippen MR) is 74.3 cm³/mol. The number of Topliss-reactive ketones (excluding diaryl/α,β-unsaturated/α-hetero) is 1. The van der Waals surface area contributed by atoms with Crippen LogP contribution >= 0.6 is 15.9 Å². The van der Waals surface area contributed by atoms with Gasteiger partial charge in [-0.15, -0.1) is 0 Å². The van der Waals surface area contributed by atoms with Crippen LogP contribution in [0.3, 0.4) is 0 Å². The lowest BCUT2D eigenvalue weighted by Crippen LogP contribution is -2.20. The molecule has 0 aliphatic rings. The molecular formula is C14H16BrNO. The second-order valence-corrected chi connectivity index (χ2v) is 5.98. The Morgan fingerprint density at radius 3 is 2.76 bits per heavy atom. The first-order valence-electron chi connectivity index (χ1n) is 5.67. The van der Waals surface area contributed by atoms with E-state index in [1.54, 1.807) is 6.92 Å². The van der Waals surface area contributed by atoms with Gasteiger partial charge in [-0.05, 0) is 30.0 Å². The van der Waals surface area contributed by atoms with Crippen molar-refractivity contribution in [2.45, 2.75) is 32.6 Å². The van der Waals surface area contributed by atoms with Gasteiger partial charge in [-0.3, -0.25) is 4.79 Å². The number of halogens is 1. The number of carbonyl (C=O) groups excluding carboxylic acids is 1. The standard InChI is InChI=1S/C14H16BrNO/c1-9(17)7-14(2,3)10-8-16-12-6-4-5-11(15)13(10)12/h4-6,8,16H,7H2,1-3H3. The number of carbonyl (C=O) groups is 1. The highest BCUT2D eigenvalue weighted by molar-refractivity contribution is 9.10. The van der Waals surface area contributed by atoms with Crippen LogP contribution < -0.4 is 0 Å². The number of fused-ring (bicyclic) bond motifs is 1. The van der Waals surface area contributed by atoms with E-state index in [4.69, 9.17) is 0 Å². The van der Waals surface area contributed by atoms with Gasteiger partial charge in [-0.2, -0.15) is 0 Å². The Kier molecular flexibility index (Phi) is 3.13. The first kappa shape index (κ1) is 12.4. The summed E-state index contributed by atoms with van der Waals surface area (Å²) in [6.45, 7) is 5.86. The number of aromatic amines is 1. The van der Waals surface area contributed by atoms with Crippen LogP contribution in [-0.2, 0) is 10.2 Å². The van der Waals surface area contributed by atoms with Gasteiger partial charge in [0.1, 0.15) is 5.78 Å². The number of benzene rings is 1. The zero-order chi connectivity index (χ0) is 12.6. The largest absolute Gasteiger partial charge is 0.361 e. The van der Waals surface area contributed by atoms with Crippen LogP contribution in [0.25, 0.3) is 10.9 Å². The van der Waals surface area contributed by atoms with Crippen LogP contribution in [0.5, 0.6) is 0 Å². The molecule has 0 fully saturated rings. The average Bonchev–Trinajstić information content (AvgIpc) is 2.61. The van der Waals surface area contributed by atoms with E-state index >= 15 is 0 Å². The van der Waals surface area contributed by atoms with E-state index in [0.717, 1.165) is 9.99 Å². The highest BCUT2D eigenvalue weighted by atomic mass is 79.9. The summed E-state index contributed by atoms with van der Waals surface area (Å²) in [5.74, 6) is 0.219. The molecule has 0 bridgehead atoms. The van der Waals surface area contributed by atoms with Crippen molar-refractivity contribution >= 4 is 32.6 Å². The van der Waals surface area contributed by atoms with Crippen molar-refractivity contribution in [2.24, 2.45) is 0 Å². The summed E-state index contributed by atoms with van der Waals surface area (Å²) in [4.78, 5) is 14.6. The lowest BCUT2D eigenvalue weighted by molar-refractivity contribution is -0.118. The smallest absolute Gasteiger partial charge is 0.130 e. The fourth-order valence-electron chi connectivity index (χ4n) is 2.39. The molecule has 17 heavy (non-hydrogen) atoms. The monoisotopic (exact) mass is 293 g/mol. The number of hydrogen-bond acceptors (Lipinski definition) is 1. The third kappa shape index (κ3) is 2.29. The molecule has 2 aromatic rings. The predicted octanol–water partition coefficient (Wildman–Crippen LogP) is 4.19. The first-order chi connectivity index (χ1) is 7.92. The number of H-pyrrole nitrogens is 1.